The molecule has 2 N–H and O–H groups in total. The molecule has 1 fully saturated rings. The zero-order valence-corrected chi connectivity index (χ0v) is 23.0. The van der Waals surface area contributed by atoms with Gasteiger partial charge in [0.1, 0.15) is 11.2 Å². The Morgan fingerprint density at radius 3 is 2.38 bits per heavy atom. The number of carbonyl (C=O) groups excluding carboxylic acids is 1. The van der Waals surface area contributed by atoms with Gasteiger partial charge >= 0.3 is 0 Å². The molecule has 3 heterocycles. The second kappa shape index (κ2) is 11.5. The number of amides is 1. The van der Waals surface area contributed by atoms with E-state index in [-0.39, 0.29) is 5.91 Å². The van der Waals surface area contributed by atoms with Crippen LogP contribution in [0.1, 0.15) is 15.9 Å². The molecule has 7 nitrogen and oxygen atoms in total. The number of pyridine rings is 1. The van der Waals surface area contributed by atoms with Crippen molar-refractivity contribution in [3.05, 3.63) is 120 Å². The van der Waals surface area contributed by atoms with Crippen molar-refractivity contribution in [3.63, 3.8) is 0 Å². The minimum atomic E-state index is -0.132. The zero-order valence-electron chi connectivity index (χ0n) is 23.0. The van der Waals surface area contributed by atoms with Gasteiger partial charge in [-0.15, -0.1) is 0 Å². The van der Waals surface area contributed by atoms with Gasteiger partial charge in [0, 0.05) is 64.8 Å². The molecule has 7 heteroatoms. The Kier molecular flexibility index (Phi) is 7.10. The SMILES string of the molecule is O=C(Nc1ccc(Nc2ccnc(-c3cccc4c3oc3ccccc34)c2)cc1)c1ccc(CN2CCOCC2)cc1. The van der Waals surface area contributed by atoms with Crippen molar-refractivity contribution in [3.8, 4) is 11.3 Å². The fourth-order valence-corrected chi connectivity index (χ4v) is 5.39. The van der Waals surface area contributed by atoms with Crippen molar-refractivity contribution < 1.29 is 13.9 Å². The van der Waals surface area contributed by atoms with Gasteiger partial charge < -0.3 is 19.8 Å². The fraction of sp³-hybridized carbons (Fsp3) is 0.143. The lowest BCUT2D eigenvalue weighted by Gasteiger charge is -2.26. The number of hydrogen-bond donors (Lipinski definition) is 2. The first-order valence-corrected chi connectivity index (χ1v) is 14.1. The Labute approximate surface area is 243 Å². The summed E-state index contributed by atoms with van der Waals surface area (Å²) >= 11 is 0. The summed E-state index contributed by atoms with van der Waals surface area (Å²) in [5.41, 5.74) is 7.82. The molecule has 4 aromatic carbocycles. The van der Waals surface area contributed by atoms with Crippen LogP contribution in [0.15, 0.2) is 114 Å². The summed E-state index contributed by atoms with van der Waals surface area (Å²) in [4.78, 5) is 19.8. The highest BCUT2D eigenvalue weighted by Gasteiger charge is 2.14. The number of carbonyl (C=O) groups is 1. The van der Waals surface area contributed by atoms with Crippen molar-refractivity contribution in [1.82, 2.24) is 9.88 Å². The van der Waals surface area contributed by atoms with Crippen LogP contribution < -0.4 is 10.6 Å². The number of para-hydroxylation sites is 2. The molecule has 7 rings (SSSR count). The van der Waals surface area contributed by atoms with E-state index in [0.29, 0.717) is 5.56 Å². The maximum Gasteiger partial charge on any atom is 0.255 e. The van der Waals surface area contributed by atoms with Crippen molar-refractivity contribution >= 4 is 44.9 Å². The van der Waals surface area contributed by atoms with E-state index in [1.807, 2.05) is 91.0 Å². The van der Waals surface area contributed by atoms with E-state index in [1.165, 1.54) is 5.56 Å². The number of nitrogens with zero attached hydrogens (tertiary/aromatic N) is 2. The molecule has 2 aromatic heterocycles. The summed E-state index contributed by atoms with van der Waals surface area (Å²) in [5.74, 6) is -0.132. The van der Waals surface area contributed by atoms with Crippen LogP contribution in [-0.4, -0.2) is 42.1 Å². The molecular weight excluding hydrogens is 524 g/mol. The number of rotatable bonds is 7. The van der Waals surface area contributed by atoms with E-state index in [1.54, 1.807) is 6.20 Å². The summed E-state index contributed by atoms with van der Waals surface area (Å²) < 4.78 is 11.6. The largest absolute Gasteiger partial charge is 0.455 e. The Morgan fingerprint density at radius 2 is 1.55 bits per heavy atom. The minimum absolute atomic E-state index is 0.132. The molecule has 1 aliphatic rings. The van der Waals surface area contributed by atoms with Gasteiger partial charge in [-0.2, -0.15) is 0 Å². The van der Waals surface area contributed by atoms with Crippen LogP contribution in [0.2, 0.25) is 0 Å². The van der Waals surface area contributed by atoms with Crippen LogP contribution >= 0.6 is 0 Å². The van der Waals surface area contributed by atoms with Crippen molar-refractivity contribution in [1.29, 1.82) is 0 Å². The maximum atomic E-state index is 12.8. The Bertz CT molecular complexity index is 1860. The number of hydrogen-bond acceptors (Lipinski definition) is 6. The molecule has 0 unspecified atom stereocenters. The van der Waals surface area contributed by atoms with Crippen molar-refractivity contribution in [2.24, 2.45) is 0 Å². The van der Waals surface area contributed by atoms with Gasteiger partial charge in [-0.05, 0) is 66.2 Å². The second-order valence-corrected chi connectivity index (χ2v) is 10.5. The predicted molar refractivity (Wildman–Crippen MR) is 167 cm³/mol. The van der Waals surface area contributed by atoms with E-state index in [9.17, 15) is 4.79 Å². The summed E-state index contributed by atoms with van der Waals surface area (Å²) in [6, 6.07) is 33.6. The van der Waals surface area contributed by atoms with Gasteiger partial charge in [0.25, 0.3) is 5.91 Å². The number of fused-ring (bicyclic) bond motifs is 3. The normalized spacial score (nSPS) is 13.8. The summed E-state index contributed by atoms with van der Waals surface area (Å²) in [5, 5.41) is 8.61. The minimum Gasteiger partial charge on any atom is -0.455 e. The molecular formula is C35H30N4O3. The lowest BCUT2D eigenvalue weighted by Crippen LogP contribution is -2.35. The Hall–Kier alpha value is -4.98. The summed E-state index contributed by atoms with van der Waals surface area (Å²) in [6.45, 7) is 4.30. The van der Waals surface area contributed by atoms with Crippen LogP contribution in [0.5, 0.6) is 0 Å². The van der Waals surface area contributed by atoms with Crippen LogP contribution in [0.4, 0.5) is 17.1 Å². The van der Waals surface area contributed by atoms with Gasteiger partial charge in [0.15, 0.2) is 0 Å². The highest BCUT2D eigenvalue weighted by atomic mass is 16.5. The molecule has 0 aliphatic carbocycles. The van der Waals surface area contributed by atoms with Crippen LogP contribution in [0, 0.1) is 0 Å². The smallest absolute Gasteiger partial charge is 0.255 e. The van der Waals surface area contributed by atoms with E-state index in [4.69, 9.17) is 9.15 Å². The van der Waals surface area contributed by atoms with Gasteiger partial charge in [0.2, 0.25) is 0 Å². The molecule has 1 aliphatic heterocycles. The maximum absolute atomic E-state index is 12.8. The van der Waals surface area contributed by atoms with Crippen LogP contribution in [0.3, 0.4) is 0 Å². The van der Waals surface area contributed by atoms with Gasteiger partial charge in [-0.25, -0.2) is 0 Å². The monoisotopic (exact) mass is 554 g/mol. The molecule has 1 saturated heterocycles. The number of nitrogens with one attached hydrogen (secondary N) is 2. The molecule has 1 amide bonds. The average molecular weight is 555 g/mol. The molecule has 208 valence electrons. The highest BCUT2D eigenvalue weighted by Crippen LogP contribution is 2.35. The number of aromatic nitrogens is 1. The third kappa shape index (κ3) is 5.48. The Balaban J connectivity index is 1.02. The molecule has 0 atom stereocenters. The first-order valence-electron chi connectivity index (χ1n) is 14.1. The summed E-state index contributed by atoms with van der Waals surface area (Å²) in [6.07, 6.45) is 1.79. The first kappa shape index (κ1) is 26.0. The molecule has 42 heavy (non-hydrogen) atoms. The van der Waals surface area contributed by atoms with E-state index in [0.717, 1.165) is 83.1 Å². The molecule has 0 saturated carbocycles. The number of benzene rings is 4. The number of morpholine rings is 1. The van der Waals surface area contributed by atoms with E-state index < -0.39 is 0 Å². The molecule has 0 radical (unpaired) electrons. The number of anilines is 3. The molecule has 0 bridgehead atoms. The topological polar surface area (TPSA) is 79.6 Å². The second-order valence-electron chi connectivity index (χ2n) is 10.5. The zero-order chi connectivity index (χ0) is 28.3. The third-order valence-electron chi connectivity index (χ3n) is 7.60. The standard InChI is InChI=1S/C35H30N4O3/c40-35(25-10-8-24(9-11-25)23-39-18-20-41-21-19-39)38-27-14-12-26(13-15-27)37-28-16-17-36-32(22-28)31-6-3-5-30-29-4-1-2-7-33(29)42-34(30)31/h1-17,22H,18-21,23H2,(H,36,37)(H,38,40). The molecule has 0 spiro atoms. The lowest BCUT2D eigenvalue weighted by atomic mass is 10.1. The van der Waals surface area contributed by atoms with Crippen molar-refractivity contribution in [2.45, 2.75) is 6.54 Å². The quantitative estimate of drug-likeness (QED) is 0.213. The van der Waals surface area contributed by atoms with Crippen LogP contribution in [0.25, 0.3) is 33.2 Å². The predicted octanol–water partition coefficient (Wildman–Crippen LogP) is 7.48. The summed E-state index contributed by atoms with van der Waals surface area (Å²) in [7, 11) is 0. The van der Waals surface area contributed by atoms with E-state index in [2.05, 4.69) is 32.7 Å². The Morgan fingerprint density at radius 1 is 0.786 bits per heavy atom. The van der Waals surface area contributed by atoms with E-state index >= 15 is 0 Å². The van der Waals surface area contributed by atoms with Crippen molar-refractivity contribution in [2.75, 3.05) is 36.9 Å². The van der Waals surface area contributed by atoms with Gasteiger partial charge in [-0.1, -0.05) is 42.5 Å². The molecule has 6 aromatic rings. The van der Waals surface area contributed by atoms with Crippen LogP contribution in [-0.2, 0) is 11.3 Å². The van der Waals surface area contributed by atoms with Gasteiger partial charge in [0.05, 0.1) is 18.9 Å². The lowest BCUT2D eigenvalue weighted by molar-refractivity contribution is 0.0342. The third-order valence-corrected chi connectivity index (χ3v) is 7.60. The highest BCUT2D eigenvalue weighted by molar-refractivity contribution is 6.09. The first-order chi connectivity index (χ1) is 20.7. The average Bonchev–Trinajstić information content (AvgIpc) is 3.42. The number of furan rings is 1. The number of ether oxygens (including phenoxy) is 1. The van der Waals surface area contributed by atoms with Gasteiger partial charge in [-0.3, -0.25) is 14.7 Å². The fourth-order valence-electron chi connectivity index (χ4n) is 5.39.